The standard InChI is InChI=1S/C16H18ClN3OS/c1-18-8-11-5-6-20(9-11)16(21)14-10-22-15(19-14)12-3-2-4-13(17)7-12/h2-4,7,10-11,18H,5-6,8-9H2,1H3. The number of rotatable bonds is 4. The van der Waals surface area contributed by atoms with Crippen LogP contribution in [0.1, 0.15) is 16.9 Å². The zero-order valence-electron chi connectivity index (χ0n) is 12.4. The minimum Gasteiger partial charge on any atom is -0.337 e. The molecule has 1 N–H and O–H groups in total. The number of likely N-dealkylation sites (tertiary alicyclic amines) is 1. The van der Waals surface area contributed by atoms with Crippen LogP contribution >= 0.6 is 22.9 Å². The molecule has 0 radical (unpaired) electrons. The van der Waals surface area contributed by atoms with Gasteiger partial charge in [-0.15, -0.1) is 11.3 Å². The Hall–Kier alpha value is -1.43. The molecule has 22 heavy (non-hydrogen) atoms. The highest BCUT2D eigenvalue weighted by atomic mass is 35.5. The lowest BCUT2D eigenvalue weighted by Gasteiger charge is -2.15. The van der Waals surface area contributed by atoms with Crippen LogP contribution in [-0.4, -0.2) is 42.5 Å². The van der Waals surface area contributed by atoms with Crippen LogP contribution in [0.5, 0.6) is 0 Å². The number of nitrogens with zero attached hydrogens (tertiary/aromatic N) is 2. The molecule has 116 valence electrons. The Bertz CT molecular complexity index is 673. The number of halogens is 1. The molecule has 0 spiro atoms. The van der Waals surface area contributed by atoms with Gasteiger partial charge < -0.3 is 10.2 Å². The number of benzene rings is 1. The average molecular weight is 336 g/mol. The summed E-state index contributed by atoms with van der Waals surface area (Å²) in [5.74, 6) is 0.572. The average Bonchev–Trinajstić information content (AvgIpc) is 3.16. The Balaban J connectivity index is 1.72. The molecule has 1 atom stereocenters. The van der Waals surface area contributed by atoms with Crippen LogP contribution in [0.4, 0.5) is 0 Å². The van der Waals surface area contributed by atoms with E-state index in [9.17, 15) is 4.79 Å². The molecule has 6 heteroatoms. The summed E-state index contributed by atoms with van der Waals surface area (Å²) in [6.45, 7) is 2.58. The van der Waals surface area contributed by atoms with Gasteiger partial charge in [0.15, 0.2) is 0 Å². The summed E-state index contributed by atoms with van der Waals surface area (Å²) in [5.41, 5.74) is 1.48. The second-order valence-corrected chi connectivity index (χ2v) is 6.81. The predicted octanol–water partition coefficient (Wildman–Crippen LogP) is 3.15. The van der Waals surface area contributed by atoms with Crippen molar-refractivity contribution in [3.8, 4) is 10.6 Å². The van der Waals surface area contributed by atoms with E-state index in [0.717, 1.165) is 36.6 Å². The normalized spacial score (nSPS) is 17.9. The predicted molar refractivity (Wildman–Crippen MR) is 90.5 cm³/mol. The Kier molecular flexibility index (Phi) is 4.76. The topological polar surface area (TPSA) is 45.2 Å². The minimum atomic E-state index is 0.0307. The van der Waals surface area contributed by atoms with Gasteiger partial charge in [0.25, 0.3) is 5.91 Å². The van der Waals surface area contributed by atoms with Crippen molar-refractivity contribution in [3.63, 3.8) is 0 Å². The summed E-state index contributed by atoms with van der Waals surface area (Å²) < 4.78 is 0. The van der Waals surface area contributed by atoms with Gasteiger partial charge in [-0.3, -0.25) is 4.79 Å². The summed E-state index contributed by atoms with van der Waals surface area (Å²) in [7, 11) is 1.95. The maximum absolute atomic E-state index is 12.5. The smallest absolute Gasteiger partial charge is 0.273 e. The Morgan fingerprint density at radius 3 is 3.18 bits per heavy atom. The van der Waals surface area contributed by atoms with Gasteiger partial charge in [0, 0.05) is 29.1 Å². The van der Waals surface area contributed by atoms with Crippen LogP contribution in [-0.2, 0) is 0 Å². The third kappa shape index (κ3) is 3.32. The maximum atomic E-state index is 12.5. The van der Waals surface area contributed by atoms with Crippen LogP contribution in [0.3, 0.4) is 0 Å². The zero-order chi connectivity index (χ0) is 15.5. The number of carbonyl (C=O) groups is 1. The van der Waals surface area contributed by atoms with Crippen molar-refractivity contribution in [3.05, 3.63) is 40.4 Å². The first-order valence-electron chi connectivity index (χ1n) is 7.32. The largest absolute Gasteiger partial charge is 0.337 e. The summed E-state index contributed by atoms with van der Waals surface area (Å²) in [4.78, 5) is 18.9. The molecule has 1 fully saturated rings. The molecule has 1 saturated heterocycles. The molecule has 0 aliphatic carbocycles. The maximum Gasteiger partial charge on any atom is 0.273 e. The Morgan fingerprint density at radius 2 is 2.41 bits per heavy atom. The SMILES string of the molecule is CNCC1CCN(C(=O)c2csc(-c3cccc(Cl)c3)n2)C1. The quantitative estimate of drug-likeness (QED) is 0.933. The molecular weight excluding hydrogens is 318 g/mol. The lowest BCUT2D eigenvalue weighted by atomic mass is 10.1. The van der Waals surface area contributed by atoms with Gasteiger partial charge in [0.2, 0.25) is 0 Å². The molecule has 1 aromatic carbocycles. The van der Waals surface area contributed by atoms with Crippen LogP contribution in [0.25, 0.3) is 10.6 Å². The first-order valence-corrected chi connectivity index (χ1v) is 8.58. The van der Waals surface area contributed by atoms with Gasteiger partial charge in [-0.2, -0.15) is 0 Å². The molecule has 2 aromatic rings. The molecule has 3 rings (SSSR count). The molecule has 1 amide bonds. The van der Waals surface area contributed by atoms with Crippen LogP contribution in [0, 0.1) is 5.92 Å². The van der Waals surface area contributed by atoms with Gasteiger partial charge in [-0.1, -0.05) is 23.7 Å². The Labute approximate surface area is 139 Å². The highest BCUT2D eigenvalue weighted by Gasteiger charge is 2.27. The van der Waals surface area contributed by atoms with Crippen molar-refractivity contribution in [2.45, 2.75) is 6.42 Å². The first kappa shape index (κ1) is 15.5. The number of hydrogen-bond donors (Lipinski definition) is 1. The van der Waals surface area contributed by atoms with E-state index in [1.807, 2.05) is 41.6 Å². The van der Waals surface area contributed by atoms with Crippen molar-refractivity contribution >= 4 is 28.8 Å². The third-order valence-electron chi connectivity index (χ3n) is 3.86. The number of amides is 1. The van der Waals surface area contributed by atoms with E-state index in [1.54, 1.807) is 0 Å². The van der Waals surface area contributed by atoms with E-state index in [4.69, 9.17) is 11.6 Å². The van der Waals surface area contributed by atoms with Crippen LogP contribution in [0.2, 0.25) is 5.02 Å². The van der Waals surface area contributed by atoms with Gasteiger partial charge in [-0.05, 0) is 38.1 Å². The van der Waals surface area contributed by atoms with Crippen LogP contribution < -0.4 is 5.32 Å². The second kappa shape index (κ2) is 6.77. The second-order valence-electron chi connectivity index (χ2n) is 5.51. The van der Waals surface area contributed by atoms with E-state index in [1.165, 1.54) is 11.3 Å². The molecule has 1 unspecified atom stereocenters. The molecule has 2 heterocycles. The highest BCUT2D eigenvalue weighted by molar-refractivity contribution is 7.13. The molecule has 1 aromatic heterocycles. The van der Waals surface area contributed by atoms with Gasteiger partial charge in [-0.25, -0.2) is 4.98 Å². The van der Waals surface area contributed by atoms with Gasteiger partial charge in [0.05, 0.1) is 0 Å². The minimum absolute atomic E-state index is 0.0307. The van der Waals surface area contributed by atoms with Crippen molar-refractivity contribution in [1.29, 1.82) is 0 Å². The molecule has 0 saturated carbocycles. The lowest BCUT2D eigenvalue weighted by molar-refractivity contribution is 0.0782. The van der Waals surface area contributed by atoms with E-state index >= 15 is 0 Å². The monoisotopic (exact) mass is 335 g/mol. The molecule has 4 nitrogen and oxygen atoms in total. The molecule has 1 aliphatic rings. The lowest BCUT2D eigenvalue weighted by Crippen LogP contribution is -2.30. The molecular formula is C16H18ClN3OS. The third-order valence-corrected chi connectivity index (χ3v) is 4.99. The summed E-state index contributed by atoms with van der Waals surface area (Å²) in [6, 6.07) is 7.55. The Morgan fingerprint density at radius 1 is 1.55 bits per heavy atom. The van der Waals surface area contributed by atoms with Crippen LogP contribution in [0.15, 0.2) is 29.6 Å². The van der Waals surface area contributed by atoms with Crippen molar-refractivity contribution in [1.82, 2.24) is 15.2 Å². The van der Waals surface area contributed by atoms with E-state index in [2.05, 4.69) is 10.3 Å². The fraction of sp³-hybridized carbons (Fsp3) is 0.375. The molecule has 0 bridgehead atoms. The summed E-state index contributed by atoms with van der Waals surface area (Å²) >= 11 is 7.49. The van der Waals surface area contributed by atoms with Gasteiger partial charge in [0.1, 0.15) is 10.7 Å². The number of hydrogen-bond acceptors (Lipinski definition) is 4. The number of thiazole rings is 1. The van der Waals surface area contributed by atoms with Gasteiger partial charge >= 0.3 is 0 Å². The molecule has 1 aliphatic heterocycles. The number of nitrogens with one attached hydrogen (secondary N) is 1. The van der Waals surface area contributed by atoms with Crippen molar-refractivity contribution < 1.29 is 4.79 Å². The summed E-state index contributed by atoms with van der Waals surface area (Å²) in [6.07, 6.45) is 1.05. The fourth-order valence-corrected chi connectivity index (χ4v) is 3.74. The van der Waals surface area contributed by atoms with E-state index < -0.39 is 0 Å². The van der Waals surface area contributed by atoms with E-state index in [0.29, 0.717) is 16.6 Å². The summed E-state index contributed by atoms with van der Waals surface area (Å²) in [5, 5.41) is 6.52. The number of carbonyl (C=O) groups excluding carboxylic acids is 1. The highest BCUT2D eigenvalue weighted by Crippen LogP contribution is 2.27. The fourth-order valence-electron chi connectivity index (χ4n) is 2.76. The van der Waals surface area contributed by atoms with Crippen molar-refractivity contribution in [2.75, 3.05) is 26.7 Å². The zero-order valence-corrected chi connectivity index (χ0v) is 14.0. The number of aromatic nitrogens is 1. The van der Waals surface area contributed by atoms with Crippen molar-refractivity contribution in [2.24, 2.45) is 5.92 Å². The first-order chi connectivity index (χ1) is 10.7. The van der Waals surface area contributed by atoms with E-state index in [-0.39, 0.29) is 5.91 Å².